The maximum Gasteiger partial charge on any atom is 0.307 e. The van der Waals surface area contributed by atoms with Gasteiger partial charge in [-0.05, 0) is 38.0 Å². The van der Waals surface area contributed by atoms with Crippen LogP contribution in [0.15, 0.2) is 23.0 Å². The maximum atomic E-state index is 13.0. The molecule has 1 N–H and O–H groups in total. The van der Waals surface area contributed by atoms with Crippen molar-refractivity contribution in [3.05, 3.63) is 55.6 Å². The van der Waals surface area contributed by atoms with Gasteiger partial charge in [-0.1, -0.05) is 11.3 Å². The SMILES string of the molecule is Cc1sc(=O)n(CCC(=O)NCCc2cc(F)cc(F)c2)c1C. The largest absolute Gasteiger partial charge is 0.356 e. The van der Waals surface area contributed by atoms with Crippen LogP contribution in [0.1, 0.15) is 22.6 Å². The molecule has 0 saturated carbocycles. The third-order valence-electron chi connectivity index (χ3n) is 3.60. The number of nitrogens with one attached hydrogen (secondary N) is 1. The Hall–Kier alpha value is -2.02. The number of hydrogen-bond donors (Lipinski definition) is 1. The van der Waals surface area contributed by atoms with Gasteiger partial charge < -0.3 is 9.88 Å². The second-order valence-electron chi connectivity index (χ2n) is 5.29. The molecule has 4 nitrogen and oxygen atoms in total. The van der Waals surface area contributed by atoms with Crippen molar-refractivity contribution in [3.8, 4) is 0 Å². The molecule has 1 amide bonds. The number of halogens is 2. The van der Waals surface area contributed by atoms with Crippen molar-refractivity contribution in [1.82, 2.24) is 9.88 Å². The van der Waals surface area contributed by atoms with Crippen molar-refractivity contribution in [1.29, 1.82) is 0 Å². The molecular formula is C16H18F2N2O2S. The number of nitrogens with zero attached hydrogens (tertiary/aromatic N) is 1. The normalized spacial score (nSPS) is 10.8. The zero-order chi connectivity index (χ0) is 17.0. The van der Waals surface area contributed by atoms with E-state index >= 15 is 0 Å². The van der Waals surface area contributed by atoms with Crippen LogP contribution >= 0.6 is 11.3 Å². The molecule has 0 aliphatic heterocycles. The number of hydrogen-bond acceptors (Lipinski definition) is 3. The van der Waals surface area contributed by atoms with E-state index in [4.69, 9.17) is 0 Å². The van der Waals surface area contributed by atoms with Gasteiger partial charge >= 0.3 is 4.87 Å². The third kappa shape index (κ3) is 4.72. The van der Waals surface area contributed by atoms with E-state index in [0.717, 1.165) is 16.6 Å². The van der Waals surface area contributed by atoms with Crippen LogP contribution in [0.25, 0.3) is 0 Å². The summed E-state index contributed by atoms with van der Waals surface area (Å²) < 4.78 is 27.7. The Labute approximate surface area is 136 Å². The lowest BCUT2D eigenvalue weighted by molar-refractivity contribution is -0.121. The standard InChI is InChI=1S/C16H18F2N2O2S/c1-10-11(2)23-16(22)20(10)6-4-15(21)19-5-3-12-7-13(17)9-14(18)8-12/h7-9H,3-6H2,1-2H3,(H,19,21). The average molecular weight is 340 g/mol. The molecule has 124 valence electrons. The van der Waals surface area contributed by atoms with E-state index in [0.29, 0.717) is 18.5 Å². The quantitative estimate of drug-likeness (QED) is 0.879. The lowest BCUT2D eigenvalue weighted by atomic mass is 10.1. The van der Waals surface area contributed by atoms with Crippen molar-refractivity contribution in [3.63, 3.8) is 0 Å². The fraction of sp³-hybridized carbons (Fsp3) is 0.375. The topological polar surface area (TPSA) is 51.1 Å². The Kier molecular flexibility index (Phi) is 5.65. The Bertz CT molecular complexity index is 748. The van der Waals surface area contributed by atoms with Gasteiger partial charge in [0.15, 0.2) is 0 Å². The van der Waals surface area contributed by atoms with Crippen LogP contribution < -0.4 is 10.2 Å². The van der Waals surface area contributed by atoms with E-state index in [2.05, 4.69) is 5.32 Å². The molecule has 1 aromatic heterocycles. The van der Waals surface area contributed by atoms with Gasteiger partial charge in [0.25, 0.3) is 0 Å². The van der Waals surface area contributed by atoms with Gasteiger partial charge in [0, 0.05) is 36.1 Å². The summed E-state index contributed by atoms with van der Waals surface area (Å²) in [5.41, 5.74) is 1.37. The summed E-state index contributed by atoms with van der Waals surface area (Å²) in [6.07, 6.45) is 0.533. The van der Waals surface area contributed by atoms with Crippen LogP contribution in [-0.2, 0) is 17.8 Å². The molecule has 0 aliphatic rings. The van der Waals surface area contributed by atoms with Gasteiger partial charge in [-0.3, -0.25) is 9.59 Å². The van der Waals surface area contributed by atoms with Crippen LogP contribution in [0.5, 0.6) is 0 Å². The number of aromatic nitrogens is 1. The molecule has 1 aromatic carbocycles. The first kappa shape index (κ1) is 17.3. The molecule has 23 heavy (non-hydrogen) atoms. The Morgan fingerprint density at radius 2 is 1.87 bits per heavy atom. The number of rotatable bonds is 6. The number of thiazole rings is 1. The number of aryl methyl sites for hydroxylation is 1. The molecular weight excluding hydrogens is 322 g/mol. The van der Waals surface area contributed by atoms with Gasteiger partial charge in [0.05, 0.1) is 0 Å². The zero-order valence-corrected chi connectivity index (χ0v) is 13.8. The maximum absolute atomic E-state index is 13.0. The van der Waals surface area contributed by atoms with Gasteiger partial charge in [0.1, 0.15) is 11.6 Å². The first-order valence-corrected chi connectivity index (χ1v) is 8.07. The van der Waals surface area contributed by atoms with Crippen LogP contribution in [0.3, 0.4) is 0 Å². The highest BCUT2D eigenvalue weighted by atomic mass is 32.1. The molecule has 2 aromatic rings. The lowest BCUT2D eigenvalue weighted by Crippen LogP contribution is -2.28. The minimum atomic E-state index is -0.631. The summed E-state index contributed by atoms with van der Waals surface area (Å²) in [6, 6.07) is 3.30. The summed E-state index contributed by atoms with van der Waals surface area (Å²) in [5, 5.41) is 2.69. The first-order valence-electron chi connectivity index (χ1n) is 7.25. The highest BCUT2D eigenvalue weighted by Crippen LogP contribution is 2.10. The van der Waals surface area contributed by atoms with Crippen molar-refractivity contribution in [2.75, 3.05) is 6.54 Å². The summed E-state index contributed by atoms with van der Waals surface area (Å²) >= 11 is 1.17. The number of carbonyl (C=O) groups is 1. The molecule has 0 aliphatic carbocycles. The van der Waals surface area contributed by atoms with E-state index in [1.165, 1.54) is 23.5 Å². The van der Waals surface area contributed by atoms with Gasteiger partial charge in [-0.2, -0.15) is 0 Å². The minimum Gasteiger partial charge on any atom is -0.356 e. The van der Waals surface area contributed by atoms with Crippen molar-refractivity contribution in [2.24, 2.45) is 0 Å². The molecule has 0 bridgehead atoms. The van der Waals surface area contributed by atoms with E-state index in [9.17, 15) is 18.4 Å². The number of benzene rings is 1. The fourth-order valence-electron chi connectivity index (χ4n) is 2.25. The van der Waals surface area contributed by atoms with Crippen LogP contribution in [0, 0.1) is 25.5 Å². The molecule has 2 rings (SSSR count). The fourth-order valence-corrected chi connectivity index (χ4v) is 3.11. The average Bonchev–Trinajstić information content (AvgIpc) is 2.69. The van der Waals surface area contributed by atoms with E-state index in [1.807, 2.05) is 13.8 Å². The highest BCUT2D eigenvalue weighted by Gasteiger charge is 2.09. The summed E-state index contributed by atoms with van der Waals surface area (Å²) in [5.74, 6) is -1.46. The van der Waals surface area contributed by atoms with Crippen molar-refractivity contribution < 1.29 is 13.6 Å². The molecule has 0 saturated heterocycles. The number of carbonyl (C=O) groups excluding carboxylic acids is 1. The van der Waals surface area contributed by atoms with Crippen molar-refractivity contribution in [2.45, 2.75) is 33.2 Å². The van der Waals surface area contributed by atoms with Crippen LogP contribution in [-0.4, -0.2) is 17.0 Å². The van der Waals surface area contributed by atoms with Crippen molar-refractivity contribution >= 4 is 17.2 Å². The van der Waals surface area contributed by atoms with Gasteiger partial charge in [-0.25, -0.2) is 8.78 Å². The van der Waals surface area contributed by atoms with E-state index in [-0.39, 0.29) is 23.7 Å². The smallest absolute Gasteiger partial charge is 0.307 e. The predicted octanol–water partition coefficient (Wildman–Crippen LogP) is 2.55. The molecule has 0 unspecified atom stereocenters. The Morgan fingerprint density at radius 1 is 1.22 bits per heavy atom. The Balaban J connectivity index is 1.80. The lowest BCUT2D eigenvalue weighted by Gasteiger charge is -2.07. The molecule has 0 radical (unpaired) electrons. The third-order valence-corrected chi connectivity index (χ3v) is 4.59. The van der Waals surface area contributed by atoms with Gasteiger partial charge in [0.2, 0.25) is 5.91 Å². The monoisotopic (exact) mass is 340 g/mol. The summed E-state index contributed by atoms with van der Waals surface area (Å²) in [4.78, 5) is 24.4. The summed E-state index contributed by atoms with van der Waals surface area (Å²) in [7, 11) is 0. The van der Waals surface area contributed by atoms with Gasteiger partial charge in [-0.15, -0.1) is 0 Å². The second kappa shape index (κ2) is 7.50. The molecule has 0 spiro atoms. The molecule has 0 atom stereocenters. The van der Waals surface area contributed by atoms with Crippen LogP contribution in [0.2, 0.25) is 0 Å². The van der Waals surface area contributed by atoms with E-state index < -0.39 is 11.6 Å². The van der Waals surface area contributed by atoms with E-state index in [1.54, 1.807) is 4.57 Å². The first-order chi connectivity index (χ1) is 10.9. The zero-order valence-electron chi connectivity index (χ0n) is 13.0. The molecule has 7 heteroatoms. The summed E-state index contributed by atoms with van der Waals surface area (Å²) in [6.45, 7) is 4.34. The Morgan fingerprint density at radius 3 is 2.43 bits per heavy atom. The predicted molar refractivity (Wildman–Crippen MR) is 85.7 cm³/mol. The minimum absolute atomic E-state index is 0.0666. The number of amides is 1. The second-order valence-corrected chi connectivity index (χ2v) is 6.45. The molecule has 1 heterocycles. The van der Waals surface area contributed by atoms with Crippen LogP contribution in [0.4, 0.5) is 8.78 Å². The highest BCUT2D eigenvalue weighted by molar-refractivity contribution is 7.09. The molecule has 0 fully saturated rings.